The molecule has 5 heteroatoms. The molecular weight excluding hydrogens is 298 g/mol. The van der Waals surface area contributed by atoms with Crippen molar-refractivity contribution >= 4 is 22.3 Å². The lowest BCUT2D eigenvalue weighted by atomic mass is 10.1. The Labute approximate surface area is 140 Å². The van der Waals surface area contributed by atoms with Gasteiger partial charge in [0.25, 0.3) is 0 Å². The van der Waals surface area contributed by atoms with Crippen molar-refractivity contribution in [3.63, 3.8) is 0 Å². The number of para-hydroxylation sites is 1. The third-order valence-electron chi connectivity index (χ3n) is 4.04. The van der Waals surface area contributed by atoms with Crippen LogP contribution in [0, 0.1) is 0 Å². The average Bonchev–Trinajstić information content (AvgIpc) is 3.18. The van der Waals surface area contributed by atoms with E-state index in [0.29, 0.717) is 0 Å². The number of hydrogen-bond acceptors (Lipinski definition) is 4. The molecule has 0 aliphatic carbocycles. The van der Waals surface area contributed by atoms with Gasteiger partial charge in [-0.15, -0.1) is 10.2 Å². The lowest BCUT2D eigenvalue weighted by molar-refractivity contribution is 0.898. The number of hydrogen-bond donors (Lipinski definition) is 0. The van der Waals surface area contributed by atoms with E-state index in [1.54, 1.807) is 12.5 Å². The highest BCUT2D eigenvalue weighted by molar-refractivity contribution is 5.97. The van der Waals surface area contributed by atoms with E-state index in [2.05, 4.69) is 51.3 Å². The molecule has 0 saturated carbocycles. The van der Waals surface area contributed by atoms with E-state index in [9.17, 15) is 0 Å². The zero-order valence-corrected chi connectivity index (χ0v) is 13.4. The molecule has 0 unspecified atom stereocenters. The molecule has 2 aromatic heterocycles. The van der Waals surface area contributed by atoms with E-state index < -0.39 is 0 Å². The van der Waals surface area contributed by atoms with E-state index in [4.69, 9.17) is 0 Å². The van der Waals surface area contributed by atoms with Crippen LogP contribution in [0.25, 0.3) is 16.6 Å². The molecule has 0 atom stereocenters. The predicted molar refractivity (Wildman–Crippen MR) is 95.8 cm³/mol. The summed E-state index contributed by atoms with van der Waals surface area (Å²) in [6.07, 6.45) is 5.36. The molecule has 0 aliphatic heterocycles. The largest absolute Gasteiger partial charge is 0.325 e. The molecule has 0 bridgehead atoms. The maximum atomic E-state index is 4.54. The summed E-state index contributed by atoms with van der Waals surface area (Å²) < 4.78 is 1.89. The Morgan fingerprint density at radius 1 is 0.917 bits per heavy atom. The first-order valence-corrected chi connectivity index (χ1v) is 7.95. The lowest BCUT2D eigenvalue weighted by Gasteiger charge is -2.23. The fourth-order valence-corrected chi connectivity index (χ4v) is 2.91. The SMILES string of the molecule is CCN(c1ccccc1)c1nnc(-n2ccnc2)c2ccccc12. The van der Waals surface area contributed by atoms with Crippen LogP contribution in [0.1, 0.15) is 6.92 Å². The number of nitrogens with zero attached hydrogens (tertiary/aromatic N) is 5. The Kier molecular flexibility index (Phi) is 3.67. The van der Waals surface area contributed by atoms with Crippen molar-refractivity contribution in [2.24, 2.45) is 0 Å². The molecule has 4 aromatic rings. The normalized spacial score (nSPS) is 10.9. The van der Waals surface area contributed by atoms with Crippen LogP contribution in [-0.2, 0) is 0 Å². The molecule has 0 radical (unpaired) electrons. The molecule has 0 amide bonds. The highest BCUT2D eigenvalue weighted by atomic mass is 15.3. The van der Waals surface area contributed by atoms with Crippen molar-refractivity contribution in [3.8, 4) is 5.82 Å². The van der Waals surface area contributed by atoms with Crippen LogP contribution in [-0.4, -0.2) is 26.3 Å². The standard InChI is InChI=1S/C19H17N5/c1-2-24(15-8-4-3-5-9-15)19-17-11-7-6-10-16(17)18(21-22-19)23-13-12-20-14-23/h3-14H,2H2,1H3. The van der Waals surface area contributed by atoms with Crippen LogP contribution in [0.15, 0.2) is 73.3 Å². The summed E-state index contributed by atoms with van der Waals surface area (Å²) in [5, 5.41) is 11.1. The smallest absolute Gasteiger partial charge is 0.168 e. The van der Waals surface area contributed by atoms with Gasteiger partial charge in [0, 0.05) is 35.4 Å². The summed E-state index contributed by atoms with van der Waals surface area (Å²) in [6.45, 7) is 2.93. The minimum Gasteiger partial charge on any atom is -0.325 e. The maximum absolute atomic E-state index is 4.54. The second-order valence-electron chi connectivity index (χ2n) is 5.44. The molecular formula is C19H17N5. The van der Waals surface area contributed by atoms with E-state index in [1.165, 1.54) is 0 Å². The van der Waals surface area contributed by atoms with E-state index in [1.807, 2.05) is 41.1 Å². The third kappa shape index (κ3) is 2.40. The first-order chi connectivity index (χ1) is 11.9. The van der Waals surface area contributed by atoms with Crippen LogP contribution in [0.5, 0.6) is 0 Å². The van der Waals surface area contributed by atoms with E-state index >= 15 is 0 Å². The zero-order chi connectivity index (χ0) is 16.4. The fourth-order valence-electron chi connectivity index (χ4n) is 2.91. The van der Waals surface area contributed by atoms with Gasteiger partial charge in [0.05, 0.1) is 0 Å². The second kappa shape index (κ2) is 6.12. The Hall–Kier alpha value is -3.21. The molecule has 0 spiro atoms. The molecule has 24 heavy (non-hydrogen) atoms. The minimum atomic E-state index is 0.788. The number of fused-ring (bicyclic) bond motifs is 1. The highest BCUT2D eigenvalue weighted by Crippen LogP contribution is 2.31. The summed E-state index contributed by atoms with van der Waals surface area (Å²) in [4.78, 5) is 6.29. The minimum absolute atomic E-state index is 0.788. The molecule has 0 aliphatic rings. The zero-order valence-electron chi connectivity index (χ0n) is 13.4. The Balaban J connectivity index is 1.93. The van der Waals surface area contributed by atoms with Gasteiger partial charge in [0.2, 0.25) is 0 Å². The van der Waals surface area contributed by atoms with E-state index in [0.717, 1.165) is 34.6 Å². The van der Waals surface area contributed by atoms with Crippen molar-refractivity contribution in [2.75, 3.05) is 11.4 Å². The number of rotatable bonds is 4. The van der Waals surface area contributed by atoms with Crippen LogP contribution in [0.3, 0.4) is 0 Å². The van der Waals surface area contributed by atoms with Crippen LogP contribution >= 0.6 is 0 Å². The molecule has 0 fully saturated rings. The van der Waals surface area contributed by atoms with Crippen LogP contribution < -0.4 is 4.90 Å². The van der Waals surface area contributed by atoms with Crippen molar-refractivity contribution in [1.82, 2.24) is 19.7 Å². The van der Waals surface area contributed by atoms with Gasteiger partial charge in [-0.2, -0.15) is 0 Å². The monoisotopic (exact) mass is 315 g/mol. The average molecular weight is 315 g/mol. The summed E-state index contributed by atoms with van der Waals surface area (Å²) in [7, 11) is 0. The highest BCUT2D eigenvalue weighted by Gasteiger charge is 2.16. The Bertz CT molecular complexity index is 948. The summed E-state index contributed by atoms with van der Waals surface area (Å²) in [6, 6.07) is 18.5. The van der Waals surface area contributed by atoms with Gasteiger partial charge in [-0.3, -0.25) is 4.57 Å². The van der Waals surface area contributed by atoms with Gasteiger partial charge in [0.15, 0.2) is 11.6 Å². The molecule has 4 rings (SSSR count). The van der Waals surface area contributed by atoms with Crippen molar-refractivity contribution in [1.29, 1.82) is 0 Å². The van der Waals surface area contributed by atoms with Crippen molar-refractivity contribution in [2.45, 2.75) is 6.92 Å². The molecule has 0 N–H and O–H groups in total. The quantitative estimate of drug-likeness (QED) is 0.571. The van der Waals surface area contributed by atoms with Gasteiger partial charge in [-0.05, 0) is 19.1 Å². The first kappa shape index (κ1) is 14.4. The molecule has 5 nitrogen and oxygen atoms in total. The predicted octanol–water partition coefficient (Wildman–Crippen LogP) is 3.97. The molecule has 2 heterocycles. The number of anilines is 2. The van der Waals surface area contributed by atoms with Gasteiger partial charge in [-0.1, -0.05) is 42.5 Å². The van der Waals surface area contributed by atoms with Crippen LogP contribution in [0.2, 0.25) is 0 Å². The number of aromatic nitrogens is 4. The number of imidazole rings is 1. The third-order valence-corrected chi connectivity index (χ3v) is 4.04. The number of benzene rings is 2. The van der Waals surface area contributed by atoms with Crippen LogP contribution in [0.4, 0.5) is 11.5 Å². The fraction of sp³-hybridized carbons (Fsp3) is 0.105. The Morgan fingerprint density at radius 2 is 1.67 bits per heavy atom. The van der Waals surface area contributed by atoms with Crippen molar-refractivity contribution in [3.05, 3.63) is 73.3 Å². The first-order valence-electron chi connectivity index (χ1n) is 7.95. The van der Waals surface area contributed by atoms with Gasteiger partial charge in [0.1, 0.15) is 6.33 Å². The summed E-state index contributed by atoms with van der Waals surface area (Å²) in [5.41, 5.74) is 1.11. The maximum Gasteiger partial charge on any atom is 0.168 e. The van der Waals surface area contributed by atoms with E-state index in [-0.39, 0.29) is 0 Å². The van der Waals surface area contributed by atoms with Gasteiger partial charge in [-0.25, -0.2) is 4.98 Å². The Morgan fingerprint density at radius 3 is 2.38 bits per heavy atom. The van der Waals surface area contributed by atoms with Gasteiger partial charge < -0.3 is 4.90 Å². The van der Waals surface area contributed by atoms with Crippen molar-refractivity contribution < 1.29 is 0 Å². The topological polar surface area (TPSA) is 46.8 Å². The molecule has 0 saturated heterocycles. The second-order valence-corrected chi connectivity index (χ2v) is 5.44. The van der Waals surface area contributed by atoms with Gasteiger partial charge >= 0.3 is 0 Å². The molecule has 2 aromatic carbocycles. The summed E-state index contributed by atoms with van der Waals surface area (Å²) in [5.74, 6) is 1.65. The summed E-state index contributed by atoms with van der Waals surface area (Å²) >= 11 is 0. The lowest BCUT2D eigenvalue weighted by Crippen LogP contribution is -2.18. The molecule has 118 valence electrons.